The Kier molecular flexibility index (Phi) is 6.27. The van der Waals surface area contributed by atoms with E-state index < -0.39 is 0 Å². The van der Waals surface area contributed by atoms with Crippen molar-refractivity contribution in [2.45, 2.75) is 13.5 Å². The number of anilines is 1. The van der Waals surface area contributed by atoms with Gasteiger partial charge < -0.3 is 13.9 Å². The number of carbonyl (C=O) groups is 1. The number of amides is 1. The summed E-state index contributed by atoms with van der Waals surface area (Å²) in [5, 5.41) is 0.577. The van der Waals surface area contributed by atoms with Crippen LogP contribution in [0.3, 0.4) is 0 Å². The minimum absolute atomic E-state index is 0.181. The maximum Gasteiger partial charge on any atom is 0.260 e. The highest BCUT2D eigenvalue weighted by Crippen LogP contribution is 2.35. The Morgan fingerprint density at radius 2 is 1.74 bits per heavy atom. The standard InChI is InChI=1S/C27H22N2O4S/c1-2-31-23-11-6-12-24-25(23)28-27(34-24)29(18-22-10-7-17-32-22)26(30)19-13-15-21(16-14-19)33-20-8-4-3-5-9-20/h3-17H,2,18H2,1H3. The highest BCUT2D eigenvalue weighted by Gasteiger charge is 2.23. The summed E-state index contributed by atoms with van der Waals surface area (Å²) in [7, 11) is 0. The molecule has 0 atom stereocenters. The predicted octanol–water partition coefficient (Wildman–Crippen LogP) is 6.93. The van der Waals surface area contributed by atoms with Crippen LogP contribution in [0, 0.1) is 0 Å². The van der Waals surface area contributed by atoms with Crippen molar-refractivity contribution >= 4 is 32.6 Å². The van der Waals surface area contributed by atoms with E-state index in [0.29, 0.717) is 34.6 Å². The lowest BCUT2D eigenvalue weighted by atomic mass is 10.2. The summed E-state index contributed by atoms with van der Waals surface area (Å²) in [4.78, 5) is 20.0. The third kappa shape index (κ3) is 4.65. The minimum Gasteiger partial charge on any atom is -0.492 e. The van der Waals surface area contributed by atoms with Gasteiger partial charge >= 0.3 is 0 Å². The van der Waals surface area contributed by atoms with Gasteiger partial charge in [0.05, 0.1) is 24.1 Å². The molecule has 0 spiro atoms. The number of hydrogen-bond acceptors (Lipinski definition) is 6. The van der Waals surface area contributed by atoms with Crippen molar-refractivity contribution < 1.29 is 18.7 Å². The van der Waals surface area contributed by atoms with Gasteiger partial charge in [-0.2, -0.15) is 0 Å². The third-order valence-corrected chi connectivity index (χ3v) is 6.16. The molecule has 0 saturated carbocycles. The van der Waals surface area contributed by atoms with Gasteiger partial charge in [-0.05, 0) is 67.6 Å². The number of fused-ring (bicyclic) bond motifs is 1. The second-order valence-electron chi connectivity index (χ2n) is 7.44. The van der Waals surface area contributed by atoms with Gasteiger partial charge in [-0.25, -0.2) is 4.98 Å². The second-order valence-corrected chi connectivity index (χ2v) is 8.45. The van der Waals surface area contributed by atoms with E-state index in [-0.39, 0.29) is 12.5 Å². The molecule has 0 bridgehead atoms. The molecular formula is C27H22N2O4S. The first-order valence-corrected chi connectivity index (χ1v) is 11.7. The van der Waals surface area contributed by atoms with E-state index >= 15 is 0 Å². The number of para-hydroxylation sites is 2. The fourth-order valence-electron chi connectivity index (χ4n) is 3.53. The van der Waals surface area contributed by atoms with E-state index in [1.165, 1.54) is 11.3 Å². The average Bonchev–Trinajstić information content (AvgIpc) is 3.54. The Morgan fingerprint density at radius 3 is 2.47 bits per heavy atom. The molecule has 0 saturated heterocycles. The van der Waals surface area contributed by atoms with Crippen molar-refractivity contribution in [1.82, 2.24) is 4.98 Å². The van der Waals surface area contributed by atoms with Gasteiger partial charge in [-0.1, -0.05) is 35.6 Å². The van der Waals surface area contributed by atoms with E-state index in [0.717, 1.165) is 16.0 Å². The molecule has 170 valence electrons. The molecule has 0 unspecified atom stereocenters. The van der Waals surface area contributed by atoms with E-state index in [1.807, 2.05) is 61.5 Å². The Morgan fingerprint density at radius 1 is 0.941 bits per heavy atom. The Balaban J connectivity index is 1.45. The number of carbonyl (C=O) groups excluding carboxylic acids is 1. The van der Waals surface area contributed by atoms with Gasteiger partial charge in [0.1, 0.15) is 28.5 Å². The highest BCUT2D eigenvalue weighted by molar-refractivity contribution is 7.22. The molecule has 5 rings (SSSR count). The van der Waals surface area contributed by atoms with Crippen LogP contribution in [0.25, 0.3) is 10.2 Å². The summed E-state index contributed by atoms with van der Waals surface area (Å²) in [5.41, 5.74) is 1.27. The molecule has 7 heteroatoms. The molecule has 0 radical (unpaired) electrons. The zero-order valence-electron chi connectivity index (χ0n) is 18.5. The Hall–Kier alpha value is -4.10. The molecule has 0 N–H and O–H groups in total. The summed E-state index contributed by atoms with van der Waals surface area (Å²) < 4.78 is 18.1. The molecule has 2 heterocycles. The molecule has 5 aromatic rings. The van der Waals surface area contributed by atoms with Crippen molar-refractivity contribution in [1.29, 1.82) is 0 Å². The molecular weight excluding hydrogens is 448 g/mol. The van der Waals surface area contributed by atoms with E-state index in [2.05, 4.69) is 0 Å². The van der Waals surface area contributed by atoms with Crippen molar-refractivity contribution in [3.8, 4) is 17.2 Å². The smallest absolute Gasteiger partial charge is 0.260 e. The molecule has 3 aromatic carbocycles. The number of hydrogen-bond donors (Lipinski definition) is 0. The molecule has 0 fully saturated rings. The van der Waals surface area contributed by atoms with Crippen LogP contribution < -0.4 is 14.4 Å². The number of aromatic nitrogens is 1. The number of thiazole rings is 1. The summed E-state index contributed by atoms with van der Waals surface area (Å²) in [6.07, 6.45) is 1.60. The number of furan rings is 1. The van der Waals surface area contributed by atoms with Gasteiger partial charge in [0.15, 0.2) is 5.13 Å². The molecule has 0 aliphatic carbocycles. The van der Waals surface area contributed by atoms with E-state index in [4.69, 9.17) is 18.9 Å². The van der Waals surface area contributed by atoms with Gasteiger partial charge in [0, 0.05) is 5.56 Å². The first kappa shape index (κ1) is 21.7. The van der Waals surface area contributed by atoms with Crippen LogP contribution in [0.1, 0.15) is 23.0 Å². The number of ether oxygens (including phenoxy) is 2. The zero-order chi connectivity index (χ0) is 23.3. The van der Waals surface area contributed by atoms with Gasteiger partial charge in [0.25, 0.3) is 5.91 Å². The summed E-state index contributed by atoms with van der Waals surface area (Å²) in [5.74, 6) is 2.58. The predicted molar refractivity (Wildman–Crippen MR) is 133 cm³/mol. The van der Waals surface area contributed by atoms with Gasteiger partial charge in [0.2, 0.25) is 0 Å². The lowest BCUT2D eigenvalue weighted by Crippen LogP contribution is -2.30. The largest absolute Gasteiger partial charge is 0.492 e. The van der Waals surface area contributed by atoms with Gasteiger partial charge in [-0.3, -0.25) is 9.69 Å². The van der Waals surface area contributed by atoms with Crippen LogP contribution in [0.15, 0.2) is 95.6 Å². The number of nitrogens with zero attached hydrogens (tertiary/aromatic N) is 2. The monoisotopic (exact) mass is 470 g/mol. The molecule has 0 aliphatic rings. The Labute approximate surface area is 201 Å². The van der Waals surface area contributed by atoms with E-state index in [1.54, 1.807) is 41.5 Å². The van der Waals surface area contributed by atoms with Crippen LogP contribution in [0.2, 0.25) is 0 Å². The van der Waals surface area contributed by atoms with Crippen LogP contribution in [-0.4, -0.2) is 17.5 Å². The topological polar surface area (TPSA) is 64.8 Å². The molecule has 0 aliphatic heterocycles. The maximum absolute atomic E-state index is 13.6. The SMILES string of the molecule is CCOc1cccc2sc(N(Cc3ccco3)C(=O)c3ccc(Oc4ccccc4)cc3)nc12. The fourth-order valence-corrected chi connectivity index (χ4v) is 4.51. The van der Waals surface area contributed by atoms with Crippen LogP contribution in [-0.2, 0) is 6.54 Å². The molecule has 6 nitrogen and oxygen atoms in total. The van der Waals surface area contributed by atoms with Crippen molar-refractivity contribution in [3.05, 3.63) is 103 Å². The lowest BCUT2D eigenvalue weighted by Gasteiger charge is -2.19. The molecule has 2 aromatic heterocycles. The summed E-state index contributed by atoms with van der Waals surface area (Å²) >= 11 is 1.44. The van der Waals surface area contributed by atoms with Crippen LogP contribution in [0.5, 0.6) is 17.2 Å². The minimum atomic E-state index is -0.181. The van der Waals surface area contributed by atoms with Gasteiger partial charge in [-0.15, -0.1) is 0 Å². The maximum atomic E-state index is 13.6. The molecule has 1 amide bonds. The lowest BCUT2D eigenvalue weighted by molar-refractivity contribution is 0.0983. The third-order valence-electron chi connectivity index (χ3n) is 5.12. The zero-order valence-corrected chi connectivity index (χ0v) is 19.3. The Bertz CT molecular complexity index is 1380. The number of rotatable bonds is 8. The second kappa shape index (κ2) is 9.80. The average molecular weight is 471 g/mol. The first-order chi connectivity index (χ1) is 16.7. The summed E-state index contributed by atoms with van der Waals surface area (Å²) in [6.45, 7) is 2.74. The van der Waals surface area contributed by atoms with Crippen LogP contribution >= 0.6 is 11.3 Å². The fraction of sp³-hybridized carbons (Fsp3) is 0.111. The summed E-state index contributed by atoms with van der Waals surface area (Å²) in [6, 6.07) is 26.1. The van der Waals surface area contributed by atoms with Crippen molar-refractivity contribution in [2.24, 2.45) is 0 Å². The van der Waals surface area contributed by atoms with Crippen molar-refractivity contribution in [3.63, 3.8) is 0 Å². The quantitative estimate of drug-likeness (QED) is 0.246. The number of benzene rings is 3. The molecule has 34 heavy (non-hydrogen) atoms. The highest BCUT2D eigenvalue weighted by atomic mass is 32.1. The first-order valence-electron chi connectivity index (χ1n) is 10.9. The van der Waals surface area contributed by atoms with Crippen LogP contribution in [0.4, 0.5) is 5.13 Å². The van der Waals surface area contributed by atoms with Crippen molar-refractivity contribution in [2.75, 3.05) is 11.5 Å². The normalized spacial score (nSPS) is 10.9. The van der Waals surface area contributed by atoms with E-state index in [9.17, 15) is 4.79 Å².